The number of nitrogens with zero attached hydrogens (tertiary/aromatic N) is 2. The van der Waals surface area contributed by atoms with Gasteiger partial charge in [-0.25, -0.2) is 0 Å². The van der Waals surface area contributed by atoms with Crippen LogP contribution < -0.4 is 14.8 Å². The normalized spacial score (nSPS) is 21.5. The molecule has 2 aliphatic rings. The maximum Gasteiger partial charge on any atom is 0.229 e. The van der Waals surface area contributed by atoms with Crippen LogP contribution in [0.15, 0.2) is 18.2 Å². The zero-order valence-corrected chi connectivity index (χ0v) is 14.1. The van der Waals surface area contributed by atoms with E-state index in [1.54, 1.807) is 4.68 Å². The number of aryl methyl sites for hydroxylation is 2. The largest absolute Gasteiger partial charge is 0.486 e. The van der Waals surface area contributed by atoms with E-state index in [0.29, 0.717) is 13.2 Å². The van der Waals surface area contributed by atoms with Gasteiger partial charge in [-0.1, -0.05) is 6.07 Å². The standard InChI is InChI=1S/C18H21N3O3/c1-10-11(2)20-21(3)17(10)19-18(22)14-9-13(14)12-4-5-15-16(8-12)24-7-6-23-15/h4-5,8,13-14H,6-7,9H2,1-3H3,(H,19,22). The first-order chi connectivity index (χ1) is 11.5. The van der Waals surface area contributed by atoms with Gasteiger partial charge in [-0.05, 0) is 43.9 Å². The van der Waals surface area contributed by atoms with E-state index in [0.717, 1.165) is 40.6 Å². The van der Waals surface area contributed by atoms with Gasteiger partial charge in [-0.2, -0.15) is 5.10 Å². The minimum absolute atomic E-state index is 0.00200. The van der Waals surface area contributed by atoms with E-state index in [1.165, 1.54) is 0 Å². The Kier molecular flexibility index (Phi) is 3.48. The summed E-state index contributed by atoms with van der Waals surface area (Å²) in [6, 6.07) is 5.97. The van der Waals surface area contributed by atoms with Gasteiger partial charge in [0.1, 0.15) is 19.0 Å². The molecule has 1 saturated carbocycles. The number of carbonyl (C=O) groups is 1. The van der Waals surface area contributed by atoms with Crippen LogP contribution in [0.4, 0.5) is 5.82 Å². The molecular formula is C18H21N3O3. The van der Waals surface area contributed by atoms with Crippen LogP contribution in [0.1, 0.15) is 29.2 Å². The summed E-state index contributed by atoms with van der Waals surface area (Å²) < 4.78 is 12.9. The highest BCUT2D eigenvalue weighted by Crippen LogP contribution is 2.49. The van der Waals surface area contributed by atoms with Crippen LogP contribution in [-0.2, 0) is 11.8 Å². The molecule has 0 spiro atoms. The number of anilines is 1. The highest BCUT2D eigenvalue weighted by atomic mass is 16.6. The molecule has 2 heterocycles. The third-order valence-corrected chi connectivity index (χ3v) is 4.88. The van der Waals surface area contributed by atoms with E-state index in [1.807, 2.05) is 39.1 Å². The van der Waals surface area contributed by atoms with E-state index < -0.39 is 0 Å². The van der Waals surface area contributed by atoms with Gasteiger partial charge in [0.25, 0.3) is 0 Å². The van der Waals surface area contributed by atoms with Gasteiger partial charge in [0.15, 0.2) is 11.5 Å². The number of benzene rings is 1. The maximum atomic E-state index is 12.6. The summed E-state index contributed by atoms with van der Waals surface area (Å²) in [5.74, 6) is 2.65. The molecule has 4 rings (SSSR count). The van der Waals surface area contributed by atoms with Gasteiger partial charge in [-0.15, -0.1) is 0 Å². The number of rotatable bonds is 3. The molecular weight excluding hydrogens is 306 g/mol. The molecule has 0 bridgehead atoms. The number of carbonyl (C=O) groups excluding carboxylic acids is 1. The van der Waals surface area contributed by atoms with Gasteiger partial charge in [0, 0.05) is 18.5 Å². The van der Waals surface area contributed by atoms with Crippen LogP contribution in [0.5, 0.6) is 11.5 Å². The monoisotopic (exact) mass is 327 g/mol. The Balaban J connectivity index is 1.47. The van der Waals surface area contributed by atoms with Gasteiger partial charge >= 0.3 is 0 Å². The van der Waals surface area contributed by atoms with Gasteiger partial charge in [0.05, 0.1) is 5.69 Å². The summed E-state index contributed by atoms with van der Waals surface area (Å²) in [5, 5.41) is 7.37. The highest BCUT2D eigenvalue weighted by molar-refractivity contribution is 5.95. The van der Waals surface area contributed by atoms with Crippen molar-refractivity contribution in [3.63, 3.8) is 0 Å². The molecule has 2 aromatic rings. The first-order valence-corrected chi connectivity index (χ1v) is 8.25. The average Bonchev–Trinajstić information content (AvgIpc) is 3.34. The molecule has 6 heteroatoms. The predicted molar refractivity (Wildman–Crippen MR) is 89.6 cm³/mol. The van der Waals surface area contributed by atoms with Gasteiger partial charge in [0.2, 0.25) is 5.91 Å². The summed E-state index contributed by atoms with van der Waals surface area (Å²) in [4.78, 5) is 12.6. The highest BCUT2D eigenvalue weighted by Gasteiger charge is 2.44. The third-order valence-electron chi connectivity index (χ3n) is 4.88. The second kappa shape index (κ2) is 5.54. The minimum Gasteiger partial charge on any atom is -0.486 e. The maximum absolute atomic E-state index is 12.6. The summed E-state index contributed by atoms with van der Waals surface area (Å²) in [6.07, 6.45) is 0.862. The predicted octanol–water partition coefficient (Wildman–Crippen LogP) is 2.55. The molecule has 1 aliphatic carbocycles. The topological polar surface area (TPSA) is 65.4 Å². The fraction of sp³-hybridized carbons (Fsp3) is 0.444. The van der Waals surface area contributed by atoms with Gasteiger partial charge < -0.3 is 14.8 Å². The number of fused-ring (bicyclic) bond motifs is 1. The van der Waals surface area contributed by atoms with Crippen LogP contribution in [0.3, 0.4) is 0 Å². The second-order valence-corrected chi connectivity index (χ2v) is 6.52. The van der Waals surface area contributed by atoms with E-state index in [2.05, 4.69) is 10.4 Å². The Morgan fingerprint density at radius 2 is 2.00 bits per heavy atom. The van der Waals surface area contributed by atoms with Gasteiger partial charge in [-0.3, -0.25) is 9.48 Å². The van der Waals surface area contributed by atoms with Crippen molar-refractivity contribution >= 4 is 11.7 Å². The smallest absolute Gasteiger partial charge is 0.229 e. The fourth-order valence-electron chi connectivity index (χ4n) is 3.29. The van der Waals surface area contributed by atoms with Crippen molar-refractivity contribution in [3.05, 3.63) is 35.0 Å². The zero-order chi connectivity index (χ0) is 16.8. The van der Waals surface area contributed by atoms with E-state index in [4.69, 9.17) is 9.47 Å². The Morgan fingerprint density at radius 3 is 2.71 bits per heavy atom. The van der Waals surface area contributed by atoms with Crippen LogP contribution in [0.25, 0.3) is 0 Å². The van der Waals surface area contributed by atoms with Crippen LogP contribution in [-0.4, -0.2) is 28.9 Å². The van der Waals surface area contributed by atoms with Crippen molar-refractivity contribution in [3.8, 4) is 11.5 Å². The van der Waals surface area contributed by atoms with Crippen molar-refractivity contribution in [1.29, 1.82) is 0 Å². The Labute approximate surface area is 140 Å². The van der Waals surface area contributed by atoms with Crippen molar-refractivity contribution in [2.45, 2.75) is 26.2 Å². The Bertz CT molecular complexity index is 812. The number of ether oxygens (including phenoxy) is 2. The molecule has 24 heavy (non-hydrogen) atoms. The zero-order valence-electron chi connectivity index (χ0n) is 14.1. The molecule has 6 nitrogen and oxygen atoms in total. The average molecular weight is 327 g/mol. The second-order valence-electron chi connectivity index (χ2n) is 6.52. The lowest BCUT2D eigenvalue weighted by molar-refractivity contribution is -0.117. The lowest BCUT2D eigenvalue weighted by atomic mass is 10.1. The summed E-state index contributed by atoms with van der Waals surface area (Å²) in [5.41, 5.74) is 3.09. The lowest BCUT2D eigenvalue weighted by Gasteiger charge is -2.18. The van der Waals surface area contributed by atoms with E-state index in [-0.39, 0.29) is 17.7 Å². The van der Waals surface area contributed by atoms with E-state index >= 15 is 0 Å². The summed E-state index contributed by atoms with van der Waals surface area (Å²) >= 11 is 0. The molecule has 2 unspecified atom stereocenters. The van der Waals surface area contributed by atoms with Crippen molar-refractivity contribution in [2.75, 3.05) is 18.5 Å². The van der Waals surface area contributed by atoms with Crippen molar-refractivity contribution < 1.29 is 14.3 Å². The minimum atomic E-state index is 0.00200. The van der Waals surface area contributed by atoms with Crippen molar-refractivity contribution in [1.82, 2.24) is 9.78 Å². The number of nitrogens with one attached hydrogen (secondary N) is 1. The van der Waals surface area contributed by atoms with Crippen LogP contribution in [0, 0.1) is 19.8 Å². The first-order valence-electron chi connectivity index (χ1n) is 8.25. The summed E-state index contributed by atoms with van der Waals surface area (Å²) in [7, 11) is 1.85. The molecule has 1 aromatic heterocycles. The van der Waals surface area contributed by atoms with Crippen LogP contribution in [0.2, 0.25) is 0 Å². The number of aromatic nitrogens is 2. The molecule has 0 saturated heterocycles. The third kappa shape index (κ3) is 2.52. The lowest BCUT2D eigenvalue weighted by Crippen LogP contribution is -2.18. The number of amides is 1. The Morgan fingerprint density at radius 1 is 1.25 bits per heavy atom. The first kappa shape index (κ1) is 15.1. The van der Waals surface area contributed by atoms with E-state index in [9.17, 15) is 4.79 Å². The SMILES string of the molecule is Cc1nn(C)c(NC(=O)C2CC2c2ccc3c(c2)OCCO3)c1C. The quantitative estimate of drug-likeness (QED) is 0.941. The Hall–Kier alpha value is -2.50. The fourth-order valence-corrected chi connectivity index (χ4v) is 3.29. The number of hydrogen-bond donors (Lipinski definition) is 1. The van der Waals surface area contributed by atoms with Crippen LogP contribution >= 0.6 is 0 Å². The molecule has 1 aromatic carbocycles. The molecule has 1 N–H and O–H groups in total. The molecule has 0 radical (unpaired) electrons. The number of hydrogen-bond acceptors (Lipinski definition) is 4. The molecule has 126 valence electrons. The summed E-state index contributed by atoms with van der Waals surface area (Å²) in [6.45, 7) is 5.08. The van der Waals surface area contributed by atoms with Crippen molar-refractivity contribution in [2.24, 2.45) is 13.0 Å². The molecule has 1 fully saturated rings. The molecule has 1 aliphatic heterocycles. The molecule has 1 amide bonds. The molecule has 2 atom stereocenters.